The van der Waals surface area contributed by atoms with Crippen LogP contribution >= 0.6 is 0 Å². The van der Waals surface area contributed by atoms with Gasteiger partial charge in [-0.05, 0) is 32.6 Å². The zero-order chi connectivity index (χ0) is 17.4. The Labute approximate surface area is 144 Å². The first kappa shape index (κ1) is 17.9. The van der Waals surface area contributed by atoms with E-state index in [1.54, 1.807) is 0 Å². The number of carbonyl (C=O) groups is 1. The minimum Gasteiger partial charge on any atom is -0.390 e. The van der Waals surface area contributed by atoms with E-state index in [0.717, 1.165) is 51.4 Å². The summed E-state index contributed by atoms with van der Waals surface area (Å²) in [5, 5.41) is 24.3. The van der Waals surface area contributed by atoms with Gasteiger partial charge in [0.15, 0.2) is 6.29 Å². The van der Waals surface area contributed by atoms with E-state index in [2.05, 4.69) is 18.3 Å². The number of rotatable bonds is 7. The van der Waals surface area contributed by atoms with Gasteiger partial charge in [-0.15, -0.1) is 0 Å². The predicted octanol–water partition coefficient (Wildman–Crippen LogP) is 2.27. The third-order valence-corrected chi connectivity index (χ3v) is 6.39. The van der Waals surface area contributed by atoms with Crippen LogP contribution in [0, 0.1) is 11.8 Å². The highest BCUT2D eigenvalue weighted by atomic mass is 16.7. The number of amides is 1. The first-order valence-corrected chi connectivity index (χ1v) is 9.50. The van der Waals surface area contributed by atoms with Crippen molar-refractivity contribution in [3.63, 3.8) is 0 Å². The number of allylic oxidation sites excluding steroid dienone is 1. The maximum Gasteiger partial charge on any atom is 0.226 e. The van der Waals surface area contributed by atoms with Gasteiger partial charge in [-0.1, -0.05) is 44.8 Å². The Kier molecular flexibility index (Phi) is 5.05. The van der Waals surface area contributed by atoms with Crippen molar-refractivity contribution in [1.29, 1.82) is 0 Å². The molecular formula is C19H31NO4. The number of aliphatic hydroxyl groups excluding tert-OH is 2. The summed E-state index contributed by atoms with van der Waals surface area (Å²) in [5.74, 6) is -0.444. The lowest BCUT2D eigenvalue weighted by atomic mass is 9.64. The van der Waals surface area contributed by atoms with Crippen LogP contribution in [-0.4, -0.2) is 39.7 Å². The smallest absolute Gasteiger partial charge is 0.226 e. The molecule has 136 valence electrons. The lowest BCUT2D eigenvalue weighted by Gasteiger charge is -2.60. The highest BCUT2D eigenvalue weighted by Gasteiger charge is 2.77. The van der Waals surface area contributed by atoms with Crippen molar-refractivity contribution in [2.45, 2.75) is 88.7 Å². The number of hydrogen-bond donors (Lipinski definition) is 3. The van der Waals surface area contributed by atoms with Gasteiger partial charge in [0.25, 0.3) is 0 Å². The van der Waals surface area contributed by atoms with E-state index in [9.17, 15) is 15.0 Å². The number of hydrogen-bond acceptors (Lipinski definition) is 4. The van der Waals surface area contributed by atoms with Crippen molar-refractivity contribution < 1.29 is 19.7 Å². The van der Waals surface area contributed by atoms with Crippen LogP contribution in [0.5, 0.6) is 0 Å². The van der Waals surface area contributed by atoms with Crippen LogP contribution in [0.15, 0.2) is 12.2 Å². The van der Waals surface area contributed by atoms with E-state index in [1.807, 2.05) is 13.0 Å². The second-order valence-corrected chi connectivity index (χ2v) is 7.81. The highest BCUT2D eigenvalue weighted by Crippen LogP contribution is 2.55. The van der Waals surface area contributed by atoms with Crippen LogP contribution in [0.3, 0.4) is 0 Å². The molecule has 0 aromatic heterocycles. The van der Waals surface area contributed by atoms with Crippen molar-refractivity contribution in [3.05, 3.63) is 12.2 Å². The molecular weight excluding hydrogens is 306 g/mol. The lowest BCUT2D eigenvalue weighted by Crippen LogP contribution is -2.81. The maximum absolute atomic E-state index is 12.6. The number of ether oxygens (including phenoxy) is 1. The molecule has 2 fully saturated rings. The summed E-state index contributed by atoms with van der Waals surface area (Å²) in [6, 6.07) is 0. The SMILES string of the molecule is CCCCCC[C@H]1C(=O)N[C@@]2(C(O)[C@@H]3C=CCCC3)C(O)O[C@@]12C. The topological polar surface area (TPSA) is 78.8 Å². The fourth-order valence-corrected chi connectivity index (χ4v) is 4.84. The van der Waals surface area contributed by atoms with E-state index in [1.165, 1.54) is 0 Å². The molecule has 5 heteroatoms. The van der Waals surface area contributed by atoms with Gasteiger partial charge in [0.1, 0.15) is 11.1 Å². The van der Waals surface area contributed by atoms with Gasteiger partial charge in [0.05, 0.1) is 12.0 Å². The summed E-state index contributed by atoms with van der Waals surface area (Å²) in [6.07, 6.45) is 10.2. The maximum atomic E-state index is 12.6. The van der Waals surface area contributed by atoms with Crippen molar-refractivity contribution >= 4 is 5.91 Å². The summed E-state index contributed by atoms with van der Waals surface area (Å²) in [4.78, 5) is 12.6. The second-order valence-electron chi connectivity index (χ2n) is 7.81. The fraction of sp³-hybridized carbons (Fsp3) is 0.842. The largest absolute Gasteiger partial charge is 0.390 e. The average molecular weight is 337 g/mol. The van der Waals surface area contributed by atoms with E-state index >= 15 is 0 Å². The summed E-state index contributed by atoms with van der Waals surface area (Å²) in [6.45, 7) is 4.03. The number of unbranched alkanes of at least 4 members (excludes halogenated alkanes) is 3. The zero-order valence-corrected chi connectivity index (χ0v) is 14.8. The Morgan fingerprint density at radius 1 is 1.42 bits per heavy atom. The van der Waals surface area contributed by atoms with Crippen LogP contribution < -0.4 is 5.32 Å². The molecule has 5 nitrogen and oxygen atoms in total. The molecule has 0 radical (unpaired) electrons. The molecule has 24 heavy (non-hydrogen) atoms. The quantitative estimate of drug-likeness (QED) is 0.492. The van der Waals surface area contributed by atoms with Crippen molar-refractivity contribution in [1.82, 2.24) is 5.32 Å². The van der Waals surface area contributed by atoms with Gasteiger partial charge in [-0.3, -0.25) is 4.79 Å². The minimum atomic E-state index is -1.14. The van der Waals surface area contributed by atoms with E-state index in [0.29, 0.717) is 0 Å². The van der Waals surface area contributed by atoms with Crippen molar-refractivity contribution in [2.24, 2.45) is 11.8 Å². The molecule has 2 heterocycles. The molecule has 1 amide bonds. The zero-order valence-electron chi connectivity index (χ0n) is 14.8. The summed E-state index contributed by atoms with van der Waals surface area (Å²) < 4.78 is 5.69. The van der Waals surface area contributed by atoms with E-state index in [-0.39, 0.29) is 17.7 Å². The molecule has 0 bridgehead atoms. The highest BCUT2D eigenvalue weighted by molar-refractivity contribution is 5.85. The Bertz CT molecular complexity index is 508. The fourth-order valence-electron chi connectivity index (χ4n) is 4.84. The first-order chi connectivity index (χ1) is 11.5. The summed E-state index contributed by atoms with van der Waals surface area (Å²) in [5.41, 5.74) is -1.91. The normalized spacial score (nSPS) is 42.3. The minimum absolute atomic E-state index is 0.0456. The summed E-state index contributed by atoms with van der Waals surface area (Å²) in [7, 11) is 0. The third-order valence-electron chi connectivity index (χ3n) is 6.39. The standard InChI is InChI=1S/C19H31NO4/c1-3-4-5-9-12-14-16(22)20-19(17(23)24-18(14,19)2)15(21)13-10-7-6-8-11-13/h7,10,13-15,17,21,23H,3-6,8-9,11-12H2,1-2H3,(H,20,22)/t13-,14+,15?,17?,18+,19+/m1/s1. The van der Waals surface area contributed by atoms with Gasteiger partial charge < -0.3 is 20.3 Å². The molecule has 0 spiro atoms. The number of fused-ring (bicyclic) bond motifs is 1. The monoisotopic (exact) mass is 337 g/mol. The molecule has 3 rings (SSSR count). The molecule has 0 saturated carbocycles. The van der Waals surface area contributed by atoms with Crippen LogP contribution in [0.4, 0.5) is 0 Å². The first-order valence-electron chi connectivity index (χ1n) is 9.50. The van der Waals surface area contributed by atoms with Crippen LogP contribution in [0.1, 0.15) is 65.2 Å². The Balaban J connectivity index is 1.77. The molecule has 6 atom stereocenters. The molecule has 1 aliphatic carbocycles. The van der Waals surface area contributed by atoms with Gasteiger partial charge in [-0.25, -0.2) is 0 Å². The van der Waals surface area contributed by atoms with Crippen LogP contribution in [-0.2, 0) is 9.53 Å². The molecule has 2 unspecified atom stereocenters. The van der Waals surface area contributed by atoms with Gasteiger partial charge in [0.2, 0.25) is 5.91 Å². The molecule has 2 aliphatic heterocycles. The molecule has 0 aromatic carbocycles. The lowest BCUT2D eigenvalue weighted by molar-refractivity contribution is -0.370. The molecule has 3 aliphatic rings. The van der Waals surface area contributed by atoms with Crippen molar-refractivity contribution in [3.8, 4) is 0 Å². The van der Waals surface area contributed by atoms with E-state index in [4.69, 9.17) is 4.74 Å². The van der Waals surface area contributed by atoms with Crippen molar-refractivity contribution in [2.75, 3.05) is 0 Å². The number of nitrogens with one attached hydrogen (secondary N) is 1. The summed E-state index contributed by atoms with van der Waals surface area (Å²) >= 11 is 0. The molecule has 0 aromatic rings. The van der Waals surface area contributed by atoms with Gasteiger partial charge in [0, 0.05) is 5.92 Å². The van der Waals surface area contributed by atoms with E-state index < -0.39 is 23.5 Å². The van der Waals surface area contributed by atoms with Crippen LogP contribution in [0.2, 0.25) is 0 Å². The Morgan fingerprint density at radius 3 is 2.83 bits per heavy atom. The third kappa shape index (κ3) is 2.52. The number of carbonyl (C=O) groups excluding carboxylic acids is 1. The number of aliphatic hydroxyl groups is 2. The molecule has 2 saturated heterocycles. The van der Waals surface area contributed by atoms with Crippen LogP contribution in [0.25, 0.3) is 0 Å². The second kappa shape index (κ2) is 6.77. The molecule has 3 N–H and O–H groups in total. The Morgan fingerprint density at radius 2 is 2.21 bits per heavy atom. The predicted molar refractivity (Wildman–Crippen MR) is 91.1 cm³/mol. The average Bonchev–Trinajstić information content (AvgIpc) is 2.76. The Hall–Kier alpha value is -0.910. The van der Waals surface area contributed by atoms with Gasteiger partial charge in [-0.2, -0.15) is 0 Å². The van der Waals surface area contributed by atoms with Gasteiger partial charge >= 0.3 is 0 Å².